The van der Waals surface area contributed by atoms with Crippen molar-refractivity contribution in [2.75, 3.05) is 19.6 Å². The first-order valence-electron chi connectivity index (χ1n) is 6.35. The minimum Gasteiger partial charge on any atom is -0.278 e. The highest BCUT2D eigenvalue weighted by Crippen LogP contribution is 2.11. The van der Waals surface area contributed by atoms with E-state index in [0.29, 0.717) is 0 Å². The van der Waals surface area contributed by atoms with Crippen LogP contribution in [0.2, 0.25) is 0 Å². The molecule has 1 amide bonds. The monoisotopic (exact) mass is 212 g/mol. The Morgan fingerprint density at radius 3 is 2.47 bits per heavy atom. The number of rotatable bonds is 7. The molecule has 1 aliphatic rings. The van der Waals surface area contributed by atoms with Crippen LogP contribution in [0.15, 0.2) is 0 Å². The summed E-state index contributed by atoms with van der Waals surface area (Å²) in [6, 6.07) is 0. The standard InChI is InChI=1S/C12H24N2O/c1-2-3-4-6-11-14(12-15)13-9-7-5-8-10-13/h12H,2-11H2,1H3. The molecule has 0 aromatic heterocycles. The SMILES string of the molecule is CCCCCCN(C=O)N1CCCCC1. The van der Waals surface area contributed by atoms with E-state index in [1.165, 1.54) is 38.5 Å². The van der Waals surface area contributed by atoms with E-state index in [2.05, 4.69) is 11.9 Å². The maximum Gasteiger partial charge on any atom is 0.224 e. The number of carbonyl (C=O) groups is 1. The van der Waals surface area contributed by atoms with Crippen molar-refractivity contribution in [3.63, 3.8) is 0 Å². The minimum absolute atomic E-state index is 0.906. The van der Waals surface area contributed by atoms with Gasteiger partial charge in [0.05, 0.1) is 0 Å². The maximum atomic E-state index is 11.0. The number of amides is 1. The summed E-state index contributed by atoms with van der Waals surface area (Å²) in [6.07, 6.45) is 9.71. The van der Waals surface area contributed by atoms with Crippen LogP contribution in [0.3, 0.4) is 0 Å². The second kappa shape index (κ2) is 7.69. The van der Waals surface area contributed by atoms with Crippen LogP contribution >= 0.6 is 0 Å². The van der Waals surface area contributed by atoms with E-state index >= 15 is 0 Å². The first-order valence-corrected chi connectivity index (χ1v) is 6.35. The average Bonchev–Trinajstić information content (AvgIpc) is 2.30. The highest BCUT2D eigenvalue weighted by atomic mass is 16.1. The second-order valence-corrected chi connectivity index (χ2v) is 4.34. The van der Waals surface area contributed by atoms with Gasteiger partial charge < -0.3 is 0 Å². The first-order chi connectivity index (χ1) is 7.38. The number of nitrogens with zero attached hydrogens (tertiary/aromatic N) is 2. The third-order valence-corrected chi connectivity index (χ3v) is 3.06. The van der Waals surface area contributed by atoms with Crippen molar-refractivity contribution in [3.05, 3.63) is 0 Å². The molecule has 0 bridgehead atoms. The summed E-state index contributed by atoms with van der Waals surface area (Å²) in [4.78, 5) is 11.0. The fourth-order valence-corrected chi connectivity index (χ4v) is 2.10. The van der Waals surface area contributed by atoms with E-state index in [1.54, 1.807) is 0 Å². The molecule has 1 rings (SSSR count). The summed E-state index contributed by atoms with van der Waals surface area (Å²) in [6.45, 7) is 5.24. The quantitative estimate of drug-likeness (QED) is 0.478. The average molecular weight is 212 g/mol. The molecule has 1 aliphatic heterocycles. The van der Waals surface area contributed by atoms with Gasteiger partial charge in [0.25, 0.3) is 0 Å². The molecule has 0 atom stereocenters. The van der Waals surface area contributed by atoms with E-state index in [1.807, 2.05) is 5.01 Å². The molecule has 1 saturated heterocycles. The lowest BCUT2D eigenvalue weighted by Gasteiger charge is -2.34. The lowest BCUT2D eigenvalue weighted by molar-refractivity contribution is -0.136. The van der Waals surface area contributed by atoms with E-state index in [0.717, 1.165) is 32.5 Å². The van der Waals surface area contributed by atoms with Crippen molar-refractivity contribution < 1.29 is 4.79 Å². The Bertz CT molecular complexity index is 167. The van der Waals surface area contributed by atoms with E-state index in [9.17, 15) is 4.79 Å². The van der Waals surface area contributed by atoms with Crippen LogP contribution in [-0.4, -0.2) is 36.1 Å². The van der Waals surface area contributed by atoms with Gasteiger partial charge in [-0.3, -0.25) is 9.80 Å². The van der Waals surface area contributed by atoms with Crippen LogP contribution in [0.25, 0.3) is 0 Å². The van der Waals surface area contributed by atoms with Gasteiger partial charge in [0.1, 0.15) is 0 Å². The predicted octanol–water partition coefficient (Wildman–Crippen LogP) is 2.43. The Balaban J connectivity index is 2.18. The van der Waals surface area contributed by atoms with Crippen molar-refractivity contribution in [1.29, 1.82) is 0 Å². The van der Waals surface area contributed by atoms with Crippen LogP contribution < -0.4 is 0 Å². The molecule has 0 aromatic rings. The topological polar surface area (TPSA) is 23.6 Å². The normalized spacial score (nSPS) is 17.7. The Morgan fingerprint density at radius 2 is 1.87 bits per heavy atom. The maximum absolute atomic E-state index is 11.0. The third kappa shape index (κ3) is 4.65. The summed E-state index contributed by atoms with van der Waals surface area (Å²) in [5.74, 6) is 0. The number of hydrogen-bond acceptors (Lipinski definition) is 2. The predicted molar refractivity (Wildman–Crippen MR) is 62.3 cm³/mol. The minimum atomic E-state index is 0.906. The van der Waals surface area contributed by atoms with Gasteiger partial charge in [0.15, 0.2) is 0 Å². The van der Waals surface area contributed by atoms with E-state index in [-0.39, 0.29) is 0 Å². The molecule has 15 heavy (non-hydrogen) atoms. The largest absolute Gasteiger partial charge is 0.278 e. The number of hydrogen-bond donors (Lipinski definition) is 0. The molecule has 3 heteroatoms. The number of carbonyl (C=O) groups excluding carboxylic acids is 1. The molecular formula is C12H24N2O. The van der Waals surface area contributed by atoms with Crippen LogP contribution in [0.5, 0.6) is 0 Å². The number of piperidine rings is 1. The zero-order chi connectivity index (χ0) is 10.9. The van der Waals surface area contributed by atoms with Gasteiger partial charge in [-0.15, -0.1) is 0 Å². The summed E-state index contributed by atoms with van der Waals surface area (Å²) < 4.78 is 0. The van der Waals surface area contributed by atoms with Gasteiger partial charge in [0.2, 0.25) is 6.41 Å². The zero-order valence-corrected chi connectivity index (χ0v) is 9.95. The van der Waals surface area contributed by atoms with Crippen molar-refractivity contribution in [3.8, 4) is 0 Å². The number of hydrazine groups is 1. The van der Waals surface area contributed by atoms with Crippen molar-refractivity contribution >= 4 is 6.41 Å². The lowest BCUT2D eigenvalue weighted by Crippen LogP contribution is -2.45. The first kappa shape index (κ1) is 12.5. The smallest absolute Gasteiger partial charge is 0.224 e. The highest BCUT2D eigenvalue weighted by molar-refractivity contribution is 5.46. The fraction of sp³-hybridized carbons (Fsp3) is 0.917. The molecule has 0 N–H and O–H groups in total. The van der Waals surface area contributed by atoms with Crippen molar-refractivity contribution in [2.24, 2.45) is 0 Å². The Kier molecular flexibility index (Phi) is 6.41. The molecule has 1 heterocycles. The molecular weight excluding hydrogens is 188 g/mol. The van der Waals surface area contributed by atoms with Gasteiger partial charge in [0, 0.05) is 19.6 Å². The van der Waals surface area contributed by atoms with E-state index in [4.69, 9.17) is 0 Å². The van der Waals surface area contributed by atoms with Gasteiger partial charge in [-0.25, -0.2) is 5.01 Å². The highest BCUT2D eigenvalue weighted by Gasteiger charge is 2.15. The van der Waals surface area contributed by atoms with Gasteiger partial charge in [-0.05, 0) is 19.3 Å². The molecule has 0 radical (unpaired) electrons. The summed E-state index contributed by atoms with van der Waals surface area (Å²) >= 11 is 0. The molecule has 3 nitrogen and oxygen atoms in total. The van der Waals surface area contributed by atoms with Crippen LogP contribution in [0, 0.1) is 0 Å². The van der Waals surface area contributed by atoms with Crippen molar-refractivity contribution in [2.45, 2.75) is 51.9 Å². The summed E-state index contributed by atoms with van der Waals surface area (Å²) in [5, 5.41) is 4.09. The number of unbranched alkanes of at least 4 members (excludes halogenated alkanes) is 3. The molecule has 1 fully saturated rings. The summed E-state index contributed by atoms with van der Waals surface area (Å²) in [5.41, 5.74) is 0. The Morgan fingerprint density at radius 1 is 1.13 bits per heavy atom. The molecule has 0 aliphatic carbocycles. The van der Waals surface area contributed by atoms with Crippen molar-refractivity contribution in [1.82, 2.24) is 10.0 Å². The van der Waals surface area contributed by atoms with Crippen LogP contribution in [0.1, 0.15) is 51.9 Å². The molecule has 88 valence electrons. The molecule has 0 aromatic carbocycles. The summed E-state index contributed by atoms with van der Waals surface area (Å²) in [7, 11) is 0. The molecule has 0 unspecified atom stereocenters. The Labute approximate surface area is 93.4 Å². The molecule has 0 saturated carbocycles. The van der Waals surface area contributed by atoms with Gasteiger partial charge in [-0.2, -0.15) is 0 Å². The Hall–Kier alpha value is -0.570. The van der Waals surface area contributed by atoms with Crippen LogP contribution in [0.4, 0.5) is 0 Å². The molecule has 0 spiro atoms. The fourth-order valence-electron chi connectivity index (χ4n) is 2.10. The second-order valence-electron chi connectivity index (χ2n) is 4.34. The van der Waals surface area contributed by atoms with Crippen LogP contribution in [-0.2, 0) is 4.79 Å². The van der Waals surface area contributed by atoms with E-state index < -0.39 is 0 Å². The lowest BCUT2D eigenvalue weighted by atomic mass is 10.1. The third-order valence-electron chi connectivity index (χ3n) is 3.06. The van der Waals surface area contributed by atoms with Gasteiger partial charge >= 0.3 is 0 Å². The van der Waals surface area contributed by atoms with Gasteiger partial charge in [-0.1, -0.05) is 32.6 Å². The zero-order valence-electron chi connectivity index (χ0n) is 9.95.